The van der Waals surface area contributed by atoms with Crippen molar-refractivity contribution in [2.24, 2.45) is 0 Å². The molecule has 0 radical (unpaired) electrons. The predicted octanol–water partition coefficient (Wildman–Crippen LogP) is 14.1. The standard InChI is InChI=1S/C10H8.2C6H6.C4H4S.C3H8.4C2H6.CH4/c1-2-6-10-8-4-3-7-9(10)5-1;2*1-2-4-6-5-3-1;1-2-4-5-3-1;1-3-2;4*1-2;/h1-8H;2*1-6H;1-4H;3H2,1-2H3;4*1-2H3;1H4. The van der Waals surface area contributed by atoms with Crippen molar-refractivity contribution in [3.05, 3.63) is 144 Å². The summed E-state index contributed by atoms with van der Waals surface area (Å²) in [5.74, 6) is 0. The maximum atomic E-state index is 2.12. The van der Waals surface area contributed by atoms with E-state index in [1.165, 1.54) is 17.2 Å². The van der Waals surface area contributed by atoms with Crippen molar-refractivity contribution in [2.45, 2.75) is 83.1 Å². The van der Waals surface area contributed by atoms with Gasteiger partial charge in [-0.15, -0.1) is 0 Å². The lowest BCUT2D eigenvalue weighted by Gasteiger charge is -1.92. The molecule has 0 saturated heterocycles. The van der Waals surface area contributed by atoms with Gasteiger partial charge in [0.25, 0.3) is 0 Å². The Balaban J connectivity index is -0.000000119. The highest BCUT2D eigenvalue weighted by Crippen LogP contribution is 2.11. The first-order chi connectivity index (χ1) is 18.9. The first-order valence-corrected chi connectivity index (χ1v) is 15.2. The third-order valence-electron chi connectivity index (χ3n) is 3.42. The zero-order valence-corrected chi connectivity index (χ0v) is 26.8. The molecule has 0 bridgehead atoms. The minimum atomic E-state index is 0. The van der Waals surface area contributed by atoms with Crippen LogP contribution in [-0.4, -0.2) is 0 Å². The molecule has 0 aliphatic carbocycles. The molecule has 0 aliphatic heterocycles. The average molecular weight is 549 g/mol. The average Bonchev–Trinajstić information content (AvgIpc) is 3.65. The summed E-state index contributed by atoms with van der Waals surface area (Å²) in [6.45, 7) is 20.2. The molecule has 1 heterocycles. The minimum absolute atomic E-state index is 0. The van der Waals surface area contributed by atoms with Gasteiger partial charge in [0.1, 0.15) is 0 Å². The summed E-state index contributed by atoms with van der Waals surface area (Å²) in [6.07, 6.45) is 1.25. The van der Waals surface area contributed by atoms with Gasteiger partial charge in [-0.1, -0.05) is 217 Å². The topological polar surface area (TPSA) is 0 Å². The normalized spacial score (nSPS) is 7.13. The van der Waals surface area contributed by atoms with Crippen molar-refractivity contribution < 1.29 is 0 Å². The summed E-state index contributed by atoms with van der Waals surface area (Å²) in [7, 11) is 0. The molecule has 0 atom stereocenters. The molecule has 5 rings (SSSR count). The first-order valence-electron chi connectivity index (χ1n) is 14.3. The fraction of sp³-hybridized carbons (Fsp3) is 0.316. The maximum Gasteiger partial charge on any atom is -0.00934 e. The van der Waals surface area contributed by atoms with Gasteiger partial charge in [-0.2, -0.15) is 11.3 Å². The first kappa shape index (κ1) is 45.7. The quantitative estimate of drug-likeness (QED) is 0.180. The van der Waals surface area contributed by atoms with Crippen LogP contribution in [0.3, 0.4) is 0 Å². The lowest BCUT2D eigenvalue weighted by atomic mass is 10.1. The van der Waals surface area contributed by atoms with Crippen LogP contribution in [-0.2, 0) is 0 Å². The van der Waals surface area contributed by atoms with Crippen LogP contribution in [0.5, 0.6) is 0 Å². The second-order valence-electron chi connectivity index (χ2n) is 6.16. The molecule has 0 aliphatic rings. The highest BCUT2D eigenvalue weighted by molar-refractivity contribution is 7.07. The molecule has 1 heteroatoms. The molecule has 218 valence electrons. The summed E-state index contributed by atoms with van der Waals surface area (Å²) in [6, 6.07) is 44.8. The Hall–Kier alpha value is -3.16. The van der Waals surface area contributed by atoms with E-state index in [0.29, 0.717) is 0 Å². The Morgan fingerprint density at radius 3 is 0.667 bits per heavy atom. The molecule has 0 amide bonds. The third-order valence-corrected chi connectivity index (χ3v) is 4.05. The SMILES string of the molecule is C.CC.CC.CC.CC.CCC.c1ccc2ccccc2c1.c1ccccc1.c1ccccc1.c1ccsc1. The smallest absolute Gasteiger partial charge is 0.00934 e. The summed E-state index contributed by atoms with van der Waals surface area (Å²) >= 11 is 1.71. The van der Waals surface area contributed by atoms with E-state index in [9.17, 15) is 0 Å². The minimum Gasteiger partial charge on any atom is -0.152 e. The zero-order chi connectivity index (χ0) is 29.5. The molecule has 39 heavy (non-hydrogen) atoms. The second-order valence-corrected chi connectivity index (χ2v) is 6.97. The number of hydrogen-bond donors (Lipinski definition) is 0. The van der Waals surface area contributed by atoms with E-state index in [0.717, 1.165) is 0 Å². The number of benzene rings is 4. The van der Waals surface area contributed by atoms with Gasteiger partial charge in [0, 0.05) is 0 Å². The monoisotopic (exact) mass is 548 g/mol. The van der Waals surface area contributed by atoms with E-state index < -0.39 is 0 Å². The summed E-state index contributed by atoms with van der Waals surface area (Å²) < 4.78 is 0. The fourth-order valence-corrected chi connectivity index (χ4v) is 2.58. The van der Waals surface area contributed by atoms with Crippen LogP contribution in [0.15, 0.2) is 144 Å². The number of thiophene rings is 1. The van der Waals surface area contributed by atoms with Crippen LogP contribution in [0.2, 0.25) is 0 Å². The van der Waals surface area contributed by atoms with E-state index in [1.807, 2.05) is 151 Å². The molecule has 0 saturated carbocycles. The largest absolute Gasteiger partial charge is 0.152 e. The van der Waals surface area contributed by atoms with Gasteiger partial charge in [0.05, 0.1) is 0 Å². The van der Waals surface area contributed by atoms with Crippen molar-refractivity contribution in [1.29, 1.82) is 0 Å². The van der Waals surface area contributed by atoms with Crippen LogP contribution in [0.1, 0.15) is 83.1 Å². The molecule has 0 nitrogen and oxygen atoms in total. The lowest BCUT2D eigenvalue weighted by molar-refractivity contribution is 1.09. The van der Waals surface area contributed by atoms with Crippen LogP contribution in [0, 0.1) is 0 Å². The van der Waals surface area contributed by atoms with E-state index in [4.69, 9.17) is 0 Å². The van der Waals surface area contributed by atoms with Crippen molar-refractivity contribution in [2.75, 3.05) is 0 Å². The summed E-state index contributed by atoms with van der Waals surface area (Å²) in [5, 5.41) is 6.70. The number of hydrogen-bond acceptors (Lipinski definition) is 1. The van der Waals surface area contributed by atoms with Gasteiger partial charge in [-0.25, -0.2) is 0 Å². The van der Waals surface area contributed by atoms with Crippen molar-refractivity contribution in [3.8, 4) is 0 Å². The van der Waals surface area contributed by atoms with Gasteiger partial charge in [-0.3, -0.25) is 0 Å². The van der Waals surface area contributed by atoms with Gasteiger partial charge in [0.2, 0.25) is 0 Å². The van der Waals surface area contributed by atoms with Crippen molar-refractivity contribution in [1.82, 2.24) is 0 Å². The maximum absolute atomic E-state index is 2.12. The fourth-order valence-electron chi connectivity index (χ4n) is 2.13. The van der Waals surface area contributed by atoms with Gasteiger partial charge in [-0.05, 0) is 21.5 Å². The van der Waals surface area contributed by atoms with Crippen molar-refractivity contribution >= 4 is 22.1 Å². The molecule has 0 spiro atoms. The third kappa shape index (κ3) is 37.1. The van der Waals surface area contributed by atoms with E-state index in [2.05, 4.69) is 62.4 Å². The second kappa shape index (κ2) is 48.0. The van der Waals surface area contributed by atoms with Gasteiger partial charge in [0.15, 0.2) is 0 Å². The van der Waals surface area contributed by atoms with E-state index in [1.54, 1.807) is 11.3 Å². The van der Waals surface area contributed by atoms with Gasteiger partial charge < -0.3 is 0 Å². The Labute approximate surface area is 248 Å². The van der Waals surface area contributed by atoms with Crippen LogP contribution in [0.4, 0.5) is 0 Å². The predicted molar refractivity (Wildman–Crippen MR) is 189 cm³/mol. The summed E-state index contributed by atoms with van der Waals surface area (Å²) in [4.78, 5) is 0. The van der Waals surface area contributed by atoms with Gasteiger partial charge >= 0.3 is 0 Å². The molecule has 0 N–H and O–H groups in total. The highest BCUT2D eigenvalue weighted by atomic mass is 32.1. The van der Waals surface area contributed by atoms with Crippen molar-refractivity contribution in [3.63, 3.8) is 0 Å². The molecule has 0 unspecified atom stereocenters. The Kier molecular flexibility index (Phi) is 56.3. The van der Waals surface area contributed by atoms with E-state index >= 15 is 0 Å². The summed E-state index contributed by atoms with van der Waals surface area (Å²) in [5.41, 5.74) is 0. The zero-order valence-electron chi connectivity index (χ0n) is 26.0. The molecule has 1 aromatic heterocycles. The molecular formula is C38H60S. The molecule has 5 aromatic rings. The molecule has 4 aromatic carbocycles. The van der Waals surface area contributed by atoms with E-state index in [-0.39, 0.29) is 7.43 Å². The lowest BCUT2D eigenvalue weighted by Crippen LogP contribution is -1.67. The highest BCUT2D eigenvalue weighted by Gasteiger charge is 1.85. The molecular weight excluding hydrogens is 488 g/mol. The number of rotatable bonds is 0. The van der Waals surface area contributed by atoms with Crippen LogP contribution >= 0.6 is 11.3 Å². The Morgan fingerprint density at radius 1 is 0.359 bits per heavy atom. The van der Waals surface area contributed by atoms with Crippen LogP contribution < -0.4 is 0 Å². The number of fused-ring (bicyclic) bond motifs is 1. The Morgan fingerprint density at radius 2 is 0.538 bits per heavy atom. The van der Waals surface area contributed by atoms with Crippen LogP contribution in [0.25, 0.3) is 10.8 Å². The molecule has 0 fully saturated rings. The Bertz CT molecular complexity index is 762.